The van der Waals surface area contributed by atoms with Gasteiger partial charge in [-0.05, 0) is 18.8 Å². The van der Waals surface area contributed by atoms with Gasteiger partial charge < -0.3 is 10.4 Å². The number of benzene rings is 1. The second-order valence-electron chi connectivity index (χ2n) is 5.16. The van der Waals surface area contributed by atoms with Gasteiger partial charge in [-0.15, -0.1) is 0 Å². The van der Waals surface area contributed by atoms with Crippen LogP contribution in [0.2, 0.25) is 0 Å². The van der Waals surface area contributed by atoms with Gasteiger partial charge in [-0.25, -0.2) is 22.4 Å². The van der Waals surface area contributed by atoms with Crippen molar-refractivity contribution in [3.8, 4) is 0 Å². The van der Waals surface area contributed by atoms with E-state index in [0.717, 1.165) is 0 Å². The number of hydrogen-bond acceptors (Lipinski definition) is 1. The molecule has 0 saturated heterocycles. The van der Waals surface area contributed by atoms with Gasteiger partial charge in [0.05, 0.1) is 6.54 Å². The molecule has 1 amide bonds. The molecule has 0 bridgehead atoms. The largest absolute Gasteiger partial charge is 0.465 e. The predicted molar refractivity (Wildman–Crippen MR) is 68.9 cm³/mol. The average molecular weight is 307 g/mol. The highest BCUT2D eigenvalue weighted by molar-refractivity contribution is 5.64. The molecular weight excluding hydrogens is 290 g/mol. The van der Waals surface area contributed by atoms with Gasteiger partial charge in [-0.3, -0.25) is 0 Å². The molecule has 21 heavy (non-hydrogen) atoms. The zero-order chi connectivity index (χ0) is 16.2. The topological polar surface area (TPSA) is 49.3 Å². The molecule has 0 aliphatic heterocycles. The lowest BCUT2D eigenvalue weighted by atomic mass is 9.99. The molecule has 0 unspecified atom stereocenters. The predicted octanol–water partition coefficient (Wildman–Crippen LogP) is 3.99. The third kappa shape index (κ3) is 4.34. The first kappa shape index (κ1) is 17.3. The fourth-order valence-electron chi connectivity index (χ4n) is 1.95. The van der Waals surface area contributed by atoms with E-state index in [-0.39, 0.29) is 6.42 Å². The van der Waals surface area contributed by atoms with Crippen LogP contribution in [0.15, 0.2) is 0 Å². The second-order valence-corrected chi connectivity index (χ2v) is 5.16. The number of hydrogen-bond donors (Lipinski definition) is 2. The van der Waals surface area contributed by atoms with Crippen LogP contribution < -0.4 is 5.32 Å². The van der Waals surface area contributed by atoms with Crippen LogP contribution in [0.5, 0.6) is 0 Å². The number of halogens is 4. The first-order valence-corrected chi connectivity index (χ1v) is 6.56. The monoisotopic (exact) mass is 307 g/mol. The molecule has 2 N–H and O–H groups in total. The van der Waals surface area contributed by atoms with Crippen molar-refractivity contribution < 1.29 is 27.5 Å². The molecule has 0 atom stereocenters. The smallest absolute Gasteiger partial charge is 0.404 e. The van der Waals surface area contributed by atoms with Gasteiger partial charge in [0.2, 0.25) is 0 Å². The lowest BCUT2D eigenvalue weighted by Crippen LogP contribution is -2.23. The van der Waals surface area contributed by atoms with Crippen LogP contribution in [0.25, 0.3) is 0 Å². The van der Waals surface area contributed by atoms with Gasteiger partial charge in [0.1, 0.15) is 0 Å². The number of rotatable bonds is 6. The number of carboxylic acid groups (broad SMARTS) is 1. The average Bonchev–Trinajstić information content (AvgIpc) is 2.40. The van der Waals surface area contributed by atoms with E-state index in [1.165, 1.54) is 0 Å². The highest BCUT2D eigenvalue weighted by Gasteiger charge is 2.25. The quantitative estimate of drug-likeness (QED) is 0.617. The van der Waals surface area contributed by atoms with Crippen molar-refractivity contribution >= 4 is 6.09 Å². The molecule has 118 valence electrons. The molecule has 7 heteroatoms. The summed E-state index contributed by atoms with van der Waals surface area (Å²) in [6.45, 7) is 3.01. The molecule has 1 aromatic rings. The van der Waals surface area contributed by atoms with Gasteiger partial charge in [0, 0.05) is 11.1 Å². The number of carbonyl (C=O) groups is 1. The molecule has 0 spiro atoms. The van der Waals surface area contributed by atoms with E-state index in [1.54, 1.807) is 5.32 Å². The van der Waals surface area contributed by atoms with Crippen molar-refractivity contribution in [1.29, 1.82) is 0 Å². The van der Waals surface area contributed by atoms with E-state index < -0.39 is 47.0 Å². The summed E-state index contributed by atoms with van der Waals surface area (Å²) >= 11 is 0. The van der Waals surface area contributed by atoms with E-state index in [1.807, 2.05) is 13.8 Å². The summed E-state index contributed by atoms with van der Waals surface area (Å²) in [5.74, 6) is -5.71. The number of nitrogens with one attached hydrogen (secondary N) is 1. The molecule has 0 saturated carbocycles. The SMILES string of the molecule is CC(C)CCCc1c(F)c(F)c(CNC(=O)O)c(F)c1F. The Morgan fingerprint density at radius 1 is 1.05 bits per heavy atom. The lowest BCUT2D eigenvalue weighted by Gasteiger charge is -2.12. The van der Waals surface area contributed by atoms with Gasteiger partial charge >= 0.3 is 6.09 Å². The van der Waals surface area contributed by atoms with Crippen LogP contribution in [-0.4, -0.2) is 11.2 Å². The van der Waals surface area contributed by atoms with E-state index in [0.29, 0.717) is 18.8 Å². The fraction of sp³-hybridized carbons (Fsp3) is 0.500. The van der Waals surface area contributed by atoms with E-state index in [9.17, 15) is 22.4 Å². The maximum atomic E-state index is 13.8. The van der Waals surface area contributed by atoms with Crippen molar-refractivity contribution in [3.05, 3.63) is 34.4 Å². The summed E-state index contributed by atoms with van der Waals surface area (Å²) in [7, 11) is 0. The maximum Gasteiger partial charge on any atom is 0.404 e. The van der Waals surface area contributed by atoms with Crippen LogP contribution in [0.1, 0.15) is 37.8 Å². The molecule has 3 nitrogen and oxygen atoms in total. The van der Waals surface area contributed by atoms with Crippen LogP contribution >= 0.6 is 0 Å². The Balaban J connectivity index is 3.05. The minimum atomic E-state index is -1.55. The van der Waals surface area contributed by atoms with Gasteiger partial charge in [0.25, 0.3) is 0 Å². The van der Waals surface area contributed by atoms with Crippen molar-refractivity contribution in [2.75, 3.05) is 0 Å². The second kappa shape index (κ2) is 7.28. The van der Waals surface area contributed by atoms with E-state index in [4.69, 9.17) is 5.11 Å². The van der Waals surface area contributed by atoms with E-state index >= 15 is 0 Å². The third-order valence-electron chi connectivity index (χ3n) is 3.07. The first-order chi connectivity index (χ1) is 9.75. The summed E-state index contributed by atoms with van der Waals surface area (Å²) in [5.41, 5.74) is -1.59. The van der Waals surface area contributed by atoms with Gasteiger partial charge in [-0.1, -0.05) is 20.3 Å². The third-order valence-corrected chi connectivity index (χ3v) is 3.07. The molecule has 1 aromatic carbocycles. The van der Waals surface area contributed by atoms with Gasteiger partial charge in [0.15, 0.2) is 23.3 Å². The molecule has 1 rings (SSSR count). The molecule has 0 radical (unpaired) electrons. The minimum Gasteiger partial charge on any atom is -0.465 e. The zero-order valence-corrected chi connectivity index (χ0v) is 11.8. The Morgan fingerprint density at radius 2 is 1.52 bits per heavy atom. The van der Waals surface area contributed by atoms with Gasteiger partial charge in [-0.2, -0.15) is 0 Å². The lowest BCUT2D eigenvalue weighted by molar-refractivity contribution is 0.193. The van der Waals surface area contributed by atoms with Crippen molar-refractivity contribution in [1.82, 2.24) is 5.32 Å². The Labute approximate surface area is 120 Å². The summed E-state index contributed by atoms with van der Waals surface area (Å²) in [6, 6.07) is 0. The number of amides is 1. The van der Waals surface area contributed by atoms with Crippen LogP contribution in [-0.2, 0) is 13.0 Å². The Kier molecular flexibility index (Phi) is 5.99. The van der Waals surface area contributed by atoms with Crippen LogP contribution in [0.4, 0.5) is 22.4 Å². The molecule has 0 fully saturated rings. The Hall–Kier alpha value is -1.79. The van der Waals surface area contributed by atoms with Crippen molar-refractivity contribution in [3.63, 3.8) is 0 Å². The minimum absolute atomic E-state index is 0.115. The summed E-state index contributed by atoms with van der Waals surface area (Å²) in [4.78, 5) is 10.3. The molecule has 0 aromatic heterocycles. The fourth-order valence-corrected chi connectivity index (χ4v) is 1.95. The molecule has 0 aliphatic rings. The van der Waals surface area contributed by atoms with Crippen molar-refractivity contribution in [2.45, 2.75) is 39.7 Å². The Bertz CT molecular complexity index is 503. The molecule has 0 aliphatic carbocycles. The molecular formula is C14H17F4NO2. The van der Waals surface area contributed by atoms with Crippen LogP contribution in [0, 0.1) is 29.2 Å². The molecule has 0 heterocycles. The summed E-state index contributed by atoms with van der Waals surface area (Å²) in [6.07, 6.45) is -0.589. The maximum absolute atomic E-state index is 13.8. The normalized spacial score (nSPS) is 11.0. The summed E-state index contributed by atoms with van der Waals surface area (Å²) < 4.78 is 55.0. The first-order valence-electron chi connectivity index (χ1n) is 6.56. The standard InChI is InChI=1S/C14H17F4NO2/c1-7(2)4-3-5-8-10(15)12(17)9(6-19-14(20)21)13(18)11(8)16/h7,19H,3-6H2,1-2H3,(H,20,21). The van der Waals surface area contributed by atoms with Crippen molar-refractivity contribution in [2.24, 2.45) is 5.92 Å². The highest BCUT2D eigenvalue weighted by atomic mass is 19.2. The summed E-state index contributed by atoms with van der Waals surface area (Å²) in [5, 5.41) is 10.1. The van der Waals surface area contributed by atoms with Crippen LogP contribution in [0.3, 0.4) is 0 Å². The highest BCUT2D eigenvalue weighted by Crippen LogP contribution is 2.26. The Morgan fingerprint density at radius 3 is 1.95 bits per heavy atom. The van der Waals surface area contributed by atoms with E-state index in [2.05, 4.69) is 0 Å². The zero-order valence-electron chi connectivity index (χ0n) is 11.8.